The molecule has 2 heterocycles. The molecule has 0 saturated heterocycles. The lowest BCUT2D eigenvalue weighted by atomic mass is 10.2. The molecule has 8 heteroatoms. The van der Waals surface area contributed by atoms with Crippen molar-refractivity contribution in [3.63, 3.8) is 0 Å². The van der Waals surface area contributed by atoms with Gasteiger partial charge < -0.3 is 14.4 Å². The minimum atomic E-state index is -0.0266. The van der Waals surface area contributed by atoms with Gasteiger partial charge >= 0.3 is 0 Å². The Balaban J connectivity index is 1.84. The highest BCUT2D eigenvalue weighted by molar-refractivity contribution is 9.11. The largest absolute Gasteiger partial charge is 0.493 e. The lowest BCUT2D eigenvalue weighted by Crippen LogP contribution is -2.25. The average Bonchev–Trinajstić information content (AvgIpc) is 3.25. The number of methoxy groups -OCH3 is 2. The number of aromatic nitrogens is 1. The van der Waals surface area contributed by atoms with Crippen LogP contribution in [0.5, 0.6) is 11.5 Å². The maximum absolute atomic E-state index is 12.9. The average molecular weight is 467 g/mol. The molecule has 3 aromatic rings. The molecular weight excluding hydrogens is 448 g/mol. The van der Waals surface area contributed by atoms with Crippen molar-refractivity contribution in [2.75, 3.05) is 21.3 Å². The summed E-state index contributed by atoms with van der Waals surface area (Å²) in [7, 11) is 5.01. The summed E-state index contributed by atoms with van der Waals surface area (Å²) < 4.78 is 11.7. The Morgan fingerprint density at radius 2 is 1.89 bits per heavy atom. The van der Waals surface area contributed by atoms with E-state index in [1.165, 1.54) is 11.3 Å². The van der Waals surface area contributed by atoms with Crippen LogP contribution in [0.2, 0.25) is 0 Å². The SMILES string of the molecule is COc1ccc(-c2nc(C)c(C(=O)N(C)Cc3ccc(Br)s3)s2)cc1OC. The van der Waals surface area contributed by atoms with Crippen LogP contribution in [0.4, 0.5) is 0 Å². The van der Waals surface area contributed by atoms with Gasteiger partial charge in [-0.25, -0.2) is 4.98 Å². The van der Waals surface area contributed by atoms with Crippen LogP contribution in [-0.2, 0) is 6.54 Å². The third-order valence-corrected chi connectivity index (χ3v) is 6.79. The summed E-state index contributed by atoms with van der Waals surface area (Å²) >= 11 is 6.47. The zero-order valence-electron chi connectivity index (χ0n) is 15.4. The first-order chi connectivity index (χ1) is 12.9. The second-order valence-electron chi connectivity index (χ2n) is 5.87. The van der Waals surface area contributed by atoms with Crippen molar-refractivity contribution < 1.29 is 14.3 Å². The number of ether oxygens (including phenoxy) is 2. The number of thiophene rings is 1. The number of nitrogens with zero attached hydrogens (tertiary/aromatic N) is 2. The molecule has 0 N–H and O–H groups in total. The van der Waals surface area contributed by atoms with E-state index in [0.29, 0.717) is 22.9 Å². The highest BCUT2D eigenvalue weighted by Crippen LogP contribution is 2.35. The summed E-state index contributed by atoms with van der Waals surface area (Å²) in [5.74, 6) is 1.27. The predicted octanol–water partition coefficient (Wildman–Crippen LogP) is 5.23. The molecule has 0 fully saturated rings. The van der Waals surface area contributed by atoms with Crippen LogP contribution in [-0.4, -0.2) is 37.1 Å². The van der Waals surface area contributed by atoms with Crippen LogP contribution in [0.3, 0.4) is 0 Å². The van der Waals surface area contributed by atoms with Gasteiger partial charge in [-0.05, 0) is 53.2 Å². The van der Waals surface area contributed by atoms with E-state index in [9.17, 15) is 4.79 Å². The van der Waals surface area contributed by atoms with Crippen LogP contribution >= 0.6 is 38.6 Å². The van der Waals surface area contributed by atoms with Gasteiger partial charge in [0.05, 0.1) is 30.2 Å². The van der Waals surface area contributed by atoms with Gasteiger partial charge in [-0.15, -0.1) is 22.7 Å². The van der Waals surface area contributed by atoms with Crippen molar-refractivity contribution in [3.05, 3.63) is 49.6 Å². The summed E-state index contributed by atoms with van der Waals surface area (Å²) in [6.07, 6.45) is 0. The van der Waals surface area contributed by atoms with Crippen LogP contribution in [0.15, 0.2) is 34.1 Å². The first-order valence-electron chi connectivity index (χ1n) is 8.12. The van der Waals surface area contributed by atoms with E-state index in [4.69, 9.17) is 9.47 Å². The molecule has 0 aliphatic heterocycles. The number of benzene rings is 1. The van der Waals surface area contributed by atoms with Gasteiger partial charge in [-0.3, -0.25) is 4.79 Å². The summed E-state index contributed by atoms with van der Waals surface area (Å²) in [6, 6.07) is 9.64. The number of thiazole rings is 1. The maximum atomic E-state index is 12.9. The van der Waals surface area contributed by atoms with Crippen molar-refractivity contribution in [2.24, 2.45) is 0 Å². The molecule has 1 amide bonds. The number of hydrogen-bond acceptors (Lipinski definition) is 6. The van der Waals surface area contributed by atoms with Crippen molar-refractivity contribution in [1.29, 1.82) is 0 Å². The third kappa shape index (κ3) is 4.34. The molecule has 0 unspecified atom stereocenters. The number of rotatable bonds is 6. The second-order valence-corrected chi connectivity index (χ2v) is 9.42. The van der Waals surface area contributed by atoms with Crippen molar-refractivity contribution in [3.8, 4) is 22.1 Å². The first-order valence-corrected chi connectivity index (χ1v) is 10.5. The highest BCUT2D eigenvalue weighted by atomic mass is 79.9. The Hall–Kier alpha value is -1.90. The molecule has 1 aromatic carbocycles. The molecule has 0 saturated carbocycles. The number of carbonyl (C=O) groups excluding carboxylic acids is 1. The summed E-state index contributed by atoms with van der Waals surface area (Å²) in [6.45, 7) is 2.43. The third-order valence-electron chi connectivity index (χ3n) is 3.99. The quantitative estimate of drug-likeness (QED) is 0.498. The van der Waals surface area contributed by atoms with E-state index < -0.39 is 0 Å². The fraction of sp³-hybridized carbons (Fsp3) is 0.263. The molecular formula is C19H19BrN2O3S2. The fourth-order valence-corrected chi connectivity index (χ4v) is 5.20. The Kier molecular flexibility index (Phi) is 6.18. The maximum Gasteiger partial charge on any atom is 0.265 e. The van der Waals surface area contributed by atoms with Crippen molar-refractivity contribution >= 4 is 44.5 Å². The van der Waals surface area contributed by atoms with Crippen LogP contribution in [0.25, 0.3) is 10.6 Å². The van der Waals surface area contributed by atoms with Gasteiger partial charge in [0.1, 0.15) is 9.88 Å². The Morgan fingerprint density at radius 3 is 2.52 bits per heavy atom. The van der Waals surface area contributed by atoms with Gasteiger partial charge in [0.25, 0.3) is 5.91 Å². The van der Waals surface area contributed by atoms with Crippen molar-refractivity contribution in [2.45, 2.75) is 13.5 Å². The van der Waals surface area contributed by atoms with Crippen LogP contribution in [0, 0.1) is 6.92 Å². The summed E-state index contributed by atoms with van der Waals surface area (Å²) in [5.41, 5.74) is 1.62. The normalized spacial score (nSPS) is 10.7. The number of aryl methyl sites for hydroxylation is 1. The fourth-order valence-electron chi connectivity index (χ4n) is 2.60. The molecule has 0 aliphatic carbocycles. The number of amides is 1. The van der Waals surface area contributed by atoms with E-state index >= 15 is 0 Å². The molecule has 0 spiro atoms. The molecule has 0 bridgehead atoms. The number of hydrogen-bond donors (Lipinski definition) is 0. The van der Waals surface area contributed by atoms with E-state index in [2.05, 4.69) is 20.9 Å². The van der Waals surface area contributed by atoms with Crippen LogP contribution in [0.1, 0.15) is 20.2 Å². The molecule has 3 rings (SSSR count). The Labute approximate surface area is 174 Å². The summed E-state index contributed by atoms with van der Waals surface area (Å²) in [5, 5.41) is 0.782. The standard InChI is InChI=1S/C19H19BrN2O3S2/c1-11-17(19(23)22(2)10-13-6-8-16(20)26-13)27-18(21-11)12-5-7-14(24-3)15(9-12)25-4/h5-9H,10H2,1-4H3. The van der Waals surface area contributed by atoms with E-state index in [0.717, 1.165) is 24.9 Å². The molecule has 0 aliphatic rings. The lowest BCUT2D eigenvalue weighted by Gasteiger charge is -2.15. The van der Waals surface area contributed by atoms with Gasteiger partial charge in [-0.1, -0.05) is 0 Å². The second kappa shape index (κ2) is 8.41. The van der Waals surface area contributed by atoms with Gasteiger partial charge in [0.15, 0.2) is 11.5 Å². The van der Waals surface area contributed by atoms with Gasteiger partial charge in [-0.2, -0.15) is 0 Å². The first kappa shape index (κ1) is 19.9. The molecule has 142 valence electrons. The Bertz CT molecular complexity index is 968. The number of halogens is 1. The molecule has 0 radical (unpaired) electrons. The topological polar surface area (TPSA) is 51.7 Å². The Morgan fingerprint density at radius 1 is 1.15 bits per heavy atom. The molecule has 0 atom stereocenters. The predicted molar refractivity (Wildman–Crippen MR) is 113 cm³/mol. The zero-order valence-corrected chi connectivity index (χ0v) is 18.6. The molecule has 2 aromatic heterocycles. The van der Waals surface area contributed by atoms with E-state index in [1.807, 2.05) is 44.3 Å². The van der Waals surface area contributed by atoms with Crippen LogP contribution < -0.4 is 9.47 Å². The monoisotopic (exact) mass is 466 g/mol. The smallest absolute Gasteiger partial charge is 0.265 e. The van der Waals surface area contributed by atoms with Gasteiger partial charge in [0, 0.05) is 17.5 Å². The highest BCUT2D eigenvalue weighted by Gasteiger charge is 2.21. The lowest BCUT2D eigenvalue weighted by molar-refractivity contribution is 0.0790. The van der Waals surface area contributed by atoms with Gasteiger partial charge in [0.2, 0.25) is 0 Å². The minimum absolute atomic E-state index is 0.0266. The van der Waals surface area contributed by atoms with Crippen molar-refractivity contribution in [1.82, 2.24) is 9.88 Å². The summed E-state index contributed by atoms with van der Waals surface area (Å²) in [4.78, 5) is 21.0. The molecule has 5 nitrogen and oxygen atoms in total. The van der Waals surface area contributed by atoms with E-state index in [1.54, 1.807) is 30.5 Å². The molecule has 27 heavy (non-hydrogen) atoms. The minimum Gasteiger partial charge on any atom is -0.493 e. The number of carbonyl (C=O) groups is 1. The zero-order chi connectivity index (χ0) is 19.6. The van der Waals surface area contributed by atoms with E-state index in [-0.39, 0.29) is 5.91 Å².